The number of hydrogen-bond donors (Lipinski definition) is 2. The number of morpholine rings is 1. The maximum absolute atomic E-state index is 13.0. The van der Waals surface area contributed by atoms with Gasteiger partial charge in [0.05, 0.1) is 24.4 Å². The third kappa shape index (κ3) is 3.92. The van der Waals surface area contributed by atoms with Crippen molar-refractivity contribution in [3.63, 3.8) is 0 Å². The average Bonchev–Trinajstić information content (AvgIpc) is 3.59. The van der Waals surface area contributed by atoms with Crippen LogP contribution in [0.5, 0.6) is 0 Å². The molecule has 2 fully saturated rings. The second-order valence-electron chi connectivity index (χ2n) is 9.18. The minimum absolute atomic E-state index is 0.0249. The number of nitrogens with one attached hydrogen (secondary N) is 2. The number of carbonyl (C=O) groups excluding carboxylic acids is 1. The van der Waals surface area contributed by atoms with Gasteiger partial charge >= 0.3 is 0 Å². The van der Waals surface area contributed by atoms with Gasteiger partial charge in [-0.25, -0.2) is 0 Å². The van der Waals surface area contributed by atoms with Crippen LogP contribution in [-0.2, 0) is 10.2 Å². The number of aromatic nitrogens is 3. The predicted octanol–water partition coefficient (Wildman–Crippen LogP) is 3.92. The Hall–Kier alpha value is -3.71. The van der Waals surface area contributed by atoms with Crippen LogP contribution >= 0.6 is 0 Å². The van der Waals surface area contributed by atoms with Gasteiger partial charge in [0.25, 0.3) is 5.91 Å². The second-order valence-corrected chi connectivity index (χ2v) is 9.18. The Morgan fingerprint density at radius 1 is 1.09 bits per heavy atom. The quantitative estimate of drug-likeness (QED) is 0.462. The van der Waals surface area contributed by atoms with E-state index < -0.39 is 0 Å². The van der Waals surface area contributed by atoms with E-state index in [1.54, 1.807) is 6.20 Å². The molecule has 172 valence electrons. The minimum atomic E-state index is -0.0631. The molecule has 2 N–H and O–H groups in total. The lowest BCUT2D eigenvalue weighted by atomic mass is 9.97. The molecule has 3 heterocycles. The molecule has 1 saturated carbocycles. The zero-order valence-electron chi connectivity index (χ0n) is 19.0. The molecule has 34 heavy (non-hydrogen) atoms. The first-order chi connectivity index (χ1) is 16.7. The predicted molar refractivity (Wildman–Crippen MR) is 132 cm³/mol. The van der Waals surface area contributed by atoms with Crippen LogP contribution in [0.4, 0.5) is 5.69 Å². The molecule has 7 nitrogen and oxygen atoms in total. The van der Waals surface area contributed by atoms with Gasteiger partial charge in [-0.2, -0.15) is 5.10 Å². The molecule has 0 spiro atoms. The van der Waals surface area contributed by atoms with Gasteiger partial charge in [-0.1, -0.05) is 18.2 Å². The van der Waals surface area contributed by atoms with Crippen molar-refractivity contribution in [3.8, 4) is 11.3 Å². The number of carbonyl (C=O) groups is 1. The smallest absolute Gasteiger partial charge is 0.251 e. The maximum Gasteiger partial charge on any atom is 0.251 e. The highest BCUT2D eigenvalue weighted by Crippen LogP contribution is 2.47. The molecule has 4 aromatic rings. The van der Waals surface area contributed by atoms with E-state index in [9.17, 15) is 4.79 Å². The number of anilines is 1. The summed E-state index contributed by atoms with van der Waals surface area (Å²) in [5.41, 5.74) is 5.84. The molecule has 1 amide bonds. The number of aromatic amines is 1. The number of ether oxygens (including phenoxy) is 1. The number of rotatable bonds is 6. The van der Waals surface area contributed by atoms with Crippen molar-refractivity contribution < 1.29 is 9.53 Å². The van der Waals surface area contributed by atoms with Crippen LogP contribution in [0.25, 0.3) is 22.2 Å². The summed E-state index contributed by atoms with van der Waals surface area (Å²) in [5, 5.41) is 11.7. The molecule has 2 aliphatic rings. The lowest BCUT2D eigenvalue weighted by Crippen LogP contribution is -2.36. The number of benzene rings is 2. The van der Waals surface area contributed by atoms with Gasteiger partial charge in [-0.05, 0) is 54.8 Å². The van der Waals surface area contributed by atoms with Crippen molar-refractivity contribution >= 4 is 22.5 Å². The Morgan fingerprint density at radius 2 is 1.91 bits per heavy atom. The van der Waals surface area contributed by atoms with E-state index in [0.717, 1.165) is 61.3 Å². The SMILES string of the molecule is O=C(NCC1(c2cccnc2)CC1)c1ccc2[nH]nc(-c3ccc(N4CCOCC4)cc3)c2c1. The molecular formula is C27H27N5O2. The largest absolute Gasteiger partial charge is 0.378 e. The Bertz CT molecular complexity index is 1310. The van der Waals surface area contributed by atoms with Gasteiger partial charge in [-0.15, -0.1) is 0 Å². The average molecular weight is 454 g/mol. The van der Waals surface area contributed by atoms with Crippen LogP contribution in [0.3, 0.4) is 0 Å². The van der Waals surface area contributed by atoms with Gasteiger partial charge in [0.2, 0.25) is 0 Å². The molecule has 0 bridgehead atoms. The number of amides is 1. The van der Waals surface area contributed by atoms with E-state index in [1.165, 1.54) is 11.3 Å². The molecule has 0 atom stereocenters. The molecule has 2 aromatic heterocycles. The third-order valence-corrected chi connectivity index (χ3v) is 7.06. The fraction of sp³-hybridized carbons (Fsp3) is 0.296. The summed E-state index contributed by atoms with van der Waals surface area (Å²) in [6, 6.07) is 18.2. The van der Waals surface area contributed by atoms with Gasteiger partial charge in [0.1, 0.15) is 0 Å². The van der Waals surface area contributed by atoms with E-state index in [-0.39, 0.29) is 11.3 Å². The first-order valence-electron chi connectivity index (χ1n) is 11.8. The summed E-state index contributed by atoms with van der Waals surface area (Å²) in [4.78, 5) is 19.6. The summed E-state index contributed by atoms with van der Waals surface area (Å²) >= 11 is 0. The highest BCUT2D eigenvalue weighted by Gasteiger charge is 2.44. The minimum Gasteiger partial charge on any atom is -0.378 e. The zero-order valence-corrected chi connectivity index (χ0v) is 19.0. The fourth-order valence-electron chi connectivity index (χ4n) is 4.77. The molecule has 6 rings (SSSR count). The number of fused-ring (bicyclic) bond motifs is 1. The van der Waals surface area contributed by atoms with Crippen molar-refractivity contribution in [1.29, 1.82) is 0 Å². The summed E-state index contributed by atoms with van der Waals surface area (Å²) in [6.07, 6.45) is 5.84. The van der Waals surface area contributed by atoms with Crippen LogP contribution in [0.2, 0.25) is 0 Å². The first kappa shape index (κ1) is 20.9. The van der Waals surface area contributed by atoms with Crippen LogP contribution in [0, 0.1) is 0 Å². The van der Waals surface area contributed by atoms with Crippen molar-refractivity contribution in [2.75, 3.05) is 37.7 Å². The highest BCUT2D eigenvalue weighted by atomic mass is 16.5. The first-order valence-corrected chi connectivity index (χ1v) is 11.8. The van der Waals surface area contributed by atoms with E-state index >= 15 is 0 Å². The molecular weight excluding hydrogens is 426 g/mol. The topological polar surface area (TPSA) is 83.1 Å². The van der Waals surface area contributed by atoms with Gasteiger partial charge in [0, 0.05) is 59.6 Å². The molecule has 1 aliphatic carbocycles. The normalized spacial score (nSPS) is 17.0. The Kier molecular flexibility index (Phi) is 5.26. The number of hydrogen-bond acceptors (Lipinski definition) is 5. The standard InChI is InChI=1S/C27H27N5O2/c33-26(29-18-27(9-10-27)21-2-1-11-28-17-21)20-5-8-24-23(16-20)25(31-30-24)19-3-6-22(7-4-19)32-12-14-34-15-13-32/h1-8,11,16-17H,9-10,12-15,18H2,(H,29,33)(H,30,31). The van der Waals surface area contributed by atoms with E-state index in [2.05, 4.69) is 55.7 Å². The van der Waals surface area contributed by atoms with E-state index in [4.69, 9.17) is 4.74 Å². The van der Waals surface area contributed by atoms with Crippen LogP contribution in [0.1, 0.15) is 28.8 Å². The lowest BCUT2D eigenvalue weighted by molar-refractivity contribution is 0.0950. The lowest BCUT2D eigenvalue weighted by Gasteiger charge is -2.28. The maximum atomic E-state index is 13.0. The Labute approximate surface area is 198 Å². The number of pyridine rings is 1. The number of nitrogens with zero attached hydrogens (tertiary/aromatic N) is 3. The summed E-state index contributed by atoms with van der Waals surface area (Å²) in [7, 11) is 0. The Balaban J connectivity index is 1.20. The van der Waals surface area contributed by atoms with Gasteiger partial charge in [-0.3, -0.25) is 14.9 Å². The van der Waals surface area contributed by atoms with Crippen LogP contribution in [-0.4, -0.2) is 53.9 Å². The molecule has 1 saturated heterocycles. The van der Waals surface area contributed by atoms with E-state index in [0.29, 0.717) is 12.1 Å². The van der Waals surface area contributed by atoms with E-state index in [1.807, 2.05) is 30.5 Å². The van der Waals surface area contributed by atoms with Crippen molar-refractivity contribution in [2.45, 2.75) is 18.3 Å². The van der Waals surface area contributed by atoms with Crippen molar-refractivity contribution in [1.82, 2.24) is 20.5 Å². The van der Waals surface area contributed by atoms with Gasteiger partial charge < -0.3 is 15.0 Å². The van der Waals surface area contributed by atoms with Crippen molar-refractivity contribution in [2.24, 2.45) is 0 Å². The van der Waals surface area contributed by atoms with Crippen molar-refractivity contribution in [3.05, 3.63) is 78.1 Å². The summed E-state index contributed by atoms with van der Waals surface area (Å²) < 4.78 is 5.45. The molecule has 0 unspecified atom stereocenters. The highest BCUT2D eigenvalue weighted by molar-refractivity contribution is 6.01. The monoisotopic (exact) mass is 453 g/mol. The molecule has 0 radical (unpaired) electrons. The molecule has 7 heteroatoms. The number of H-pyrrole nitrogens is 1. The second kappa shape index (κ2) is 8.57. The van der Waals surface area contributed by atoms with Crippen LogP contribution in [0.15, 0.2) is 67.0 Å². The summed E-state index contributed by atoms with van der Waals surface area (Å²) in [6.45, 7) is 3.97. The molecule has 1 aliphatic heterocycles. The summed E-state index contributed by atoms with van der Waals surface area (Å²) in [5.74, 6) is -0.0631. The third-order valence-electron chi connectivity index (χ3n) is 7.06. The fourth-order valence-corrected chi connectivity index (χ4v) is 4.77. The zero-order chi connectivity index (χ0) is 23.0. The Morgan fingerprint density at radius 3 is 2.65 bits per heavy atom. The van der Waals surface area contributed by atoms with Gasteiger partial charge in [0.15, 0.2) is 0 Å². The van der Waals surface area contributed by atoms with Crippen LogP contribution < -0.4 is 10.2 Å². The molecule has 2 aromatic carbocycles.